The molecule has 2 atom stereocenters. The van der Waals surface area contributed by atoms with Crippen LogP contribution in [0.1, 0.15) is 46.9 Å². The monoisotopic (exact) mass is 468 g/mol. The summed E-state index contributed by atoms with van der Waals surface area (Å²) in [6.07, 6.45) is 6.16. The summed E-state index contributed by atoms with van der Waals surface area (Å²) in [5.41, 5.74) is 8.41. The van der Waals surface area contributed by atoms with Gasteiger partial charge in [0.1, 0.15) is 11.6 Å². The summed E-state index contributed by atoms with van der Waals surface area (Å²) < 4.78 is 17.7. The maximum Gasteiger partial charge on any atom is 0.258 e. The van der Waals surface area contributed by atoms with Gasteiger partial charge in [0, 0.05) is 66.5 Å². The van der Waals surface area contributed by atoms with Crippen LogP contribution < -0.4 is 11.1 Å². The van der Waals surface area contributed by atoms with E-state index in [1.165, 1.54) is 4.90 Å². The molecule has 1 spiro atoms. The van der Waals surface area contributed by atoms with Gasteiger partial charge in [-0.3, -0.25) is 9.48 Å². The molecule has 0 bridgehead atoms. The minimum atomic E-state index is -0.686. The second-order valence-electron chi connectivity index (χ2n) is 9.25. The van der Waals surface area contributed by atoms with Crippen molar-refractivity contribution >= 4 is 29.0 Å². The Bertz CT molecular complexity index is 1270. The molecule has 1 saturated carbocycles. The van der Waals surface area contributed by atoms with E-state index in [4.69, 9.17) is 17.3 Å². The predicted molar refractivity (Wildman–Crippen MR) is 127 cm³/mol. The van der Waals surface area contributed by atoms with Crippen LogP contribution in [0.3, 0.4) is 0 Å². The molecular weight excluding hydrogens is 443 g/mol. The normalized spacial score (nSPS) is 21.3. The van der Waals surface area contributed by atoms with Gasteiger partial charge in [0.05, 0.1) is 16.6 Å². The lowest BCUT2D eigenvalue weighted by molar-refractivity contribution is 0.0824. The van der Waals surface area contributed by atoms with E-state index >= 15 is 4.39 Å². The van der Waals surface area contributed by atoms with Crippen LogP contribution in [-0.2, 0) is 5.41 Å². The van der Waals surface area contributed by atoms with Crippen molar-refractivity contribution in [3.63, 3.8) is 0 Å². The molecule has 9 heteroatoms. The Morgan fingerprint density at radius 3 is 2.82 bits per heavy atom. The third kappa shape index (κ3) is 3.27. The maximum absolute atomic E-state index is 15.6. The first kappa shape index (κ1) is 21.7. The van der Waals surface area contributed by atoms with Crippen molar-refractivity contribution in [2.24, 2.45) is 0 Å². The Balaban J connectivity index is 1.59. The summed E-state index contributed by atoms with van der Waals surface area (Å²) in [6, 6.07) is 5.38. The number of carbonyl (C=O) groups excluding carboxylic acids is 1. The average Bonchev–Trinajstić information content (AvgIpc) is 3.48. The quantitative estimate of drug-likeness (QED) is 0.555. The summed E-state index contributed by atoms with van der Waals surface area (Å²) in [4.78, 5) is 18.4. The molecule has 2 aromatic heterocycles. The first-order chi connectivity index (χ1) is 15.7. The minimum absolute atomic E-state index is 0.0894. The molecular formula is C24H26ClFN6O. The van der Waals surface area contributed by atoms with Crippen LogP contribution >= 0.6 is 11.6 Å². The van der Waals surface area contributed by atoms with E-state index in [1.807, 2.05) is 12.3 Å². The predicted octanol–water partition coefficient (Wildman–Crippen LogP) is 4.42. The number of carbonyl (C=O) groups is 1. The van der Waals surface area contributed by atoms with Crippen molar-refractivity contribution in [3.8, 4) is 11.1 Å². The van der Waals surface area contributed by atoms with Crippen LogP contribution in [0.4, 0.5) is 15.9 Å². The molecule has 33 heavy (non-hydrogen) atoms. The fraction of sp³-hybridized carbons (Fsp3) is 0.375. The van der Waals surface area contributed by atoms with Gasteiger partial charge in [0.25, 0.3) is 5.91 Å². The lowest BCUT2D eigenvalue weighted by Gasteiger charge is -2.25. The fourth-order valence-corrected chi connectivity index (χ4v) is 5.77. The molecule has 172 valence electrons. The van der Waals surface area contributed by atoms with Crippen molar-refractivity contribution in [2.45, 2.75) is 37.6 Å². The fourth-order valence-electron chi connectivity index (χ4n) is 5.33. The number of benzene rings is 1. The van der Waals surface area contributed by atoms with Gasteiger partial charge in [0.2, 0.25) is 0 Å². The Labute approximate surface area is 196 Å². The lowest BCUT2D eigenvalue weighted by atomic mass is 9.80. The molecule has 0 saturated heterocycles. The summed E-state index contributed by atoms with van der Waals surface area (Å²) in [5.74, 6) is -0.445. The number of hydrogen-bond donors (Lipinski definition) is 2. The average molecular weight is 469 g/mol. The van der Waals surface area contributed by atoms with Gasteiger partial charge in [-0.2, -0.15) is 5.10 Å². The number of nitrogens with zero attached hydrogens (tertiary/aromatic N) is 4. The third-order valence-electron chi connectivity index (χ3n) is 7.02. The van der Waals surface area contributed by atoms with Crippen molar-refractivity contribution in [3.05, 3.63) is 58.3 Å². The Kier molecular flexibility index (Phi) is 5.08. The number of pyridine rings is 1. The molecule has 2 aliphatic rings. The number of nitrogen functional groups attached to an aromatic ring is 1. The van der Waals surface area contributed by atoms with Gasteiger partial charge in [0.15, 0.2) is 0 Å². The second-order valence-corrected chi connectivity index (χ2v) is 9.63. The number of anilines is 2. The molecule has 1 aliphatic carbocycles. The number of aryl methyl sites for hydroxylation is 1. The number of aromatic nitrogens is 3. The SMILES string of the molecule is Cc1ccnn1[C@H]1CC[C@@]2(CNc3ncc(-c4ccc(N)c(C(=O)N(C)C)c4F)c(Cl)c32)C1. The standard InChI is InChI=1S/C24H26ClFN6O/c1-13-7-9-30-32(13)14-6-8-24(10-14)12-29-22-19(24)20(25)16(11-28-22)15-4-5-17(27)18(21(15)26)23(33)31(2)3/h4-5,7,9,11,14H,6,8,10,12,27H2,1-3H3,(H,28,29)/t14-,24-/m0/s1. The Morgan fingerprint density at radius 2 is 2.12 bits per heavy atom. The lowest BCUT2D eigenvalue weighted by Crippen LogP contribution is -2.26. The van der Waals surface area contributed by atoms with Gasteiger partial charge in [-0.05, 0) is 44.4 Å². The van der Waals surface area contributed by atoms with Crippen molar-refractivity contribution < 1.29 is 9.18 Å². The molecule has 1 amide bonds. The summed E-state index contributed by atoms with van der Waals surface area (Å²) in [6.45, 7) is 2.78. The number of fused-ring (bicyclic) bond motifs is 2. The molecule has 3 N–H and O–H groups in total. The molecule has 7 nitrogen and oxygen atoms in total. The number of rotatable bonds is 3. The number of nitrogens with one attached hydrogen (secondary N) is 1. The van der Waals surface area contributed by atoms with Crippen LogP contribution in [0.15, 0.2) is 30.6 Å². The van der Waals surface area contributed by atoms with E-state index in [0.29, 0.717) is 10.6 Å². The summed E-state index contributed by atoms with van der Waals surface area (Å²) >= 11 is 6.97. The van der Waals surface area contributed by atoms with E-state index in [9.17, 15) is 4.79 Å². The van der Waals surface area contributed by atoms with Crippen LogP contribution in [0, 0.1) is 12.7 Å². The molecule has 0 radical (unpaired) electrons. The van der Waals surface area contributed by atoms with Crippen molar-refractivity contribution in [1.29, 1.82) is 0 Å². The molecule has 1 fully saturated rings. The Hall–Kier alpha value is -3.13. The maximum atomic E-state index is 15.6. The third-order valence-corrected chi connectivity index (χ3v) is 7.41. The molecule has 1 aliphatic heterocycles. The first-order valence-electron chi connectivity index (χ1n) is 11.0. The van der Waals surface area contributed by atoms with Gasteiger partial charge in [-0.25, -0.2) is 9.37 Å². The smallest absolute Gasteiger partial charge is 0.258 e. The van der Waals surface area contributed by atoms with Crippen LogP contribution in [0.25, 0.3) is 11.1 Å². The molecule has 1 aromatic carbocycles. The Morgan fingerprint density at radius 1 is 1.33 bits per heavy atom. The highest BCUT2D eigenvalue weighted by Gasteiger charge is 2.48. The molecule has 0 unspecified atom stereocenters. The number of amides is 1. The highest BCUT2D eigenvalue weighted by Crippen LogP contribution is 2.54. The van der Waals surface area contributed by atoms with Crippen LogP contribution in [0.5, 0.6) is 0 Å². The van der Waals surface area contributed by atoms with Crippen LogP contribution in [-0.4, -0.2) is 46.2 Å². The number of nitrogens with two attached hydrogens (primary N) is 1. The zero-order chi connectivity index (χ0) is 23.5. The van der Waals surface area contributed by atoms with Crippen molar-refractivity contribution in [2.75, 3.05) is 31.7 Å². The van der Waals surface area contributed by atoms with Gasteiger partial charge in [-0.1, -0.05) is 11.6 Å². The first-order valence-corrected chi connectivity index (χ1v) is 11.3. The van der Waals surface area contributed by atoms with Gasteiger partial charge in [-0.15, -0.1) is 0 Å². The van der Waals surface area contributed by atoms with E-state index in [-0.39, 0.29) is 28.3 Å². The van der Waals surface area contributed by atoms with Gasteiger partial charge >= 0.3 is 0 Å². The zero-order valence-corrected chi connectivity index (χ0v) is 19.6. The molecule has 3 aromatic rings. The van der Waals surface area contributed by atoms with Crippen LogP contribution in [0.2, 0.25) is 5.02 Å². The summed E-state index contributed by atoms with van der Waals surface area (Å²) in [7, 11) is 3.12. The number of halogens is 2. The summed E-state index contributed by atoms with van der Waals surface area (Å²) in [5, 5.41) is 8.38. The van der Waals surface area contributed by atoms with Gasteiger partial charge < -0.3 is 16.0 Å². The zero-order valence-electron chi connectivity index (χ0n) is 18.8. The highest BCUT2D eigenvalue weighted by molar-refractivity contribution is 6.34. The topological polar surface area (TPSA) is 89.1 Å². The minimum Gasteiger partial charge on any atom is -0.398 e. The molecule has 5 rings (SSSR count). The largest absolute Gasteiger partial charge is 0.398 e. The van der Waals surface area contributed by atoms with E-state index < -0.39 is 11.7 Å². The van der Waals surface area contributed by atoms with E-state index in [0.717, 1.165) is 42.9 Å². The van der Waals surface area contributed by atoms with E-state index in [1.54, 1.807) is 32.4 Å². The highest BCUT2D eigenvalue weighted by atomic mass is 35.5. The number of hydrogen-bond acceptors (Lipinski definition) is 5. The van der Waals surface area contributed by atoms with E-state index in [2.05, 4.69) is 27.0 Å². The second kappa shape index (κ2) is 7.73. The molecule has 3 heterocycles. The van der Waals surface area contributed by atoms with Crippen molar-refractivity contribution in [1.82, 2.24) is 19.7 Å².